The van der Waals surface area contributed by atoms with Crippen LogP contribution in [0.5, 0.6) is 0 Å². The lowest BCUT2D eigenvalue weighted by Crippen LogP contribution is -2.18. The van der Waals surface area contributed by atoms with Crippen LogP contribution in [0.15, 0.2) is 47.4 Å². The van der Waals surface area contributed by atoms with Gasteiger partial charge in [-0.15, -0.1) is 0 Å². The van der Waals surface area contributed by atoms with Crippen molar-refractivity contribution in [2.75, 3.05) is 18.9 Å². The number of ether oxygens (including phenoxy) is 2. The zero-order valence-corrected chi connectivity index (χ0v) is 14.5. The van der Waals surface area contributed by atoms with Crippen LogP contribution in [0.1, 0.15) is 21.5 Å². The number of hydrogen-bond donors (Lipinski definition) is 1. The highest BCUT2D eigenvalue weighted by Crippen LogP contribution is 2.23. The minimum absolute atomic E-state index is 0.0283. The molecule has 0 unspecified atom stereocenters. The predicted molar refractivity (Wildman–Crippen MR) is 90.5 cm³/mol. The molecule has 0 heterocycles. The molecule has 7 heteroatoms. The average Bonchev–Trinajstić information content (AvgIpc) is 2.54. The van der Waals surface area contributed by atoms with Gasteiger partial charge in [0.2, 0.25) is 0 Å². The molecule has 2 rings (SSSR count). The lowest BCUT2D eigenvalue weighted by molar-refractivity contribution is 0.0595. The van der Waals surface area contributed by atoms with E-state index < -0.39 is 16.0 Å². The van der Waals surface area contributed by atoms with Gasteiger partial charge in [-0.2, -0.15) is 0 Å². The molecule has 0 bridgehead atoms. The van der Waals surface area contributed by atoms with Crippen LogP contribution >= 0.6 is 0 Å². The van der Waals surface area contributed by atoms with Gasteiger partial charge in [-0.3, -0.25) is 4.72 Å². The van der Waals surface area contributed by atoms with Crippen LogP contribution in [0.2, 0.25) is 0 Å². The van der Waals surface area contributed by atoms with E-state index in [0.717, 1.165) is 5.56 Å². The smallest absolute Gasteiger partial charge is 0.339 e. The van der Waals surface area contributed by atoms with Crippen LogP contribution in [0.3, 0.4) is 0 Å². The maximum Gasteiger partial charge on any atom is 0.339 e. The molecule has 1 N–H and O–H groups in total. The number of sulfonamides is 1. The fourth-order valence-corrected chi connectivity index (χ4v) is 3.65. The SMILES string of the molecule is COCc1cccc(NS(=O)(=O)c2cccc(C)c2C(=O)OC)c1. The first-order valence-electron chi connectivity index (χ1n) is 7.17. The monoisotopic (exact) mass is 349 g/mol. The van der Waals surface area contributed by atoms with E-state index in [0.29, 0.717) is 17.9 Å². The molecule has 24 heavy (non-hydrogen) atoms. The Bertz CT molecular complexity index is 846. The summed E-state index contributed by atoms with van der Waals surface area (Å²) in [5.74, 6) is -0.693. The Hall–Kier alpha value is -2.38. The van der Waals surface area contributed by atoms with Gasteiger partial charge in [-0.05, 0) is 36.2 Å². The van der Waals surface area contributed by atoms with Crippen LogP contribution in [-0.2, 0) is 26.1 Å². The Balaban J connectivity index is 2.43. The van der Waals surface area contributed by atoms with Crippen molar-refractivity contribution in [2.45, 2.75) is 18.4 Å². The van der Waals surface area contributed by atoms with Gasteiger partial charge >= 0.3 is 5.97 Å². The second-order valence-electron chi connectivity index (χ2n) is 5.18. The molecule has 0 radical (unpaired) electrons. The van der Waals surface area contributed by atoms with Gasteiger partial charge in [0.15, 0.2) is 0 Å². The van der Waals surface area contributed by atoms with Crippen molar-refractivity contribution in [2.24, 2.45) is 0 Å². The van der Waals surface area contributed by atoms with E-state index in [1.807, 2.05) is 6.07 Å². The largest absolute Gasteiger partial charge is 0.465 e. The quantitative estimate of drug-likeness (QED) is 0.811. The Kier molecular flexibility index (Phi) is 5.58. The van der Waals surface area contributed by atoms with Crippen LogP contribution < -0.4 is 4.72 Å². The number of nitrogens with one attached hydrogen (secondary N) is 1. The number of aryl methyl sites for hydroxylation is 1. The Morgan fingerprint density at radius 3 is 2.50 bits per heavy atom. The van der Waals surface area contributed by atoms with Crippen LogP contribution in [0.25, 0.3) is 0 Å². The van der Waals surface area contributed by atoms with Gasteiger partial charge in [0.25, 0.3) is 10.0 Å². The second kappa shape index (κ2) is 7.46. The molecule has 0 atom stereocenters. The van der Waals surface area contributed by atoms with Crippen molar-refractivity contribution >= 4 is 21.7 Å². The highest BCUT2D eigenvalue weighted by atomic mass is 32.2. The summed E-state index contributed by atoms with van der Waals surface area (Å²) < 4.78 is 37.7. The Morgan fingerprint density at radius 2 is 1.83 bits per heavy atom. The topological polar surface area (TPSA) is 81.7 Å². The number of hydrogen-bond acceptors (Lipinski definition) is 5. The number of methoxy groups -OCH3 is 2. The van der Waals surface area contributed by atoms with E-state index in [1.54, 1.807) is 44.4 Å². The predicted octanol–water partition coefficient (Wildman–Crippen LogP) is 2.73. The number of esters is 1. The fraction of sp³-hybridized carbons (Fsp3) is 0.235. The highest BCUT2D eigenvalue weighted by molar-refractivity contribution is 7.92. The van der Waals surface area contributed by atoms with Gasteiger partial charge in [0.1, 0.15) is 4.90 Å². The maximum atomic E-state index is 12.7. The summed E-state index contributed by atoms with van der Waals surface area (Å²) in [6.45, 7) is 2.03. The molecular weight excluding hydrogens is 330 g/mol. The maximum absolute atomic E-state index is 12.7. The molecule has 2 aromatic carbocycles. The van der Waals surface area contributed by atoms with E-state index in [1.165, 1.54) is 13.2 Å². The van der Waals surface area contributed by atoms with Crippen LogP contribution in [0, 0.1) is 6.92 Å². The van der Waals surface area contributed by atoms with E-state index in [-0.39, 0.29) is 10.5 Å². The fourth-order valence-electron chi connectivity index (χ4n) is 2.33. The molecule has 0 aliphatic heterocycles. The van der Waals surface area contributed by atoms with E-state index in [2.05, 4.69) is 4.72 Å². The molecule has 0 aliphatic rings. The summed E-state index contributed by atoms with van der Waals surface area (Å²) >= 11 is 0. The summed E-state index contributed by atoms with van der Waals surface area (Å²) in [5.41, 5.74) is 1.77. The number of carbonyl (C=O) groups excluding carboxylic acids is 1. The normalized spacial score (nSPS) is 11.1. The highest BCUT2D eigenvalue weighted by Gasteiger charge is 2.24. The number of rotatable bonds is 6. The zero-order valence-electron chi connectivity index (χ0n) is 13.7. The molecule has 0 saturated carbocycles. The first-order chi connectivity index (χ1) is 11.4. The van der Waals surface area contributed by atoms with Gasteiger partial charge in [-0.1, -0.05) is 24.3 Å². The minimum Gasteiger partial charge on any atom is -0.465 e. The molecular formula is C17H19NO5S. The van der Waals surface area contributed by atoms with Crippen molar-refractivity contribution in [1.82, 2.24) is 0 Å². The molecule has 0 aromatic heterocycles. The van der Waals surface area contributed by atoms with Crippen molar-refractivity contribution in [1.29, 1.82) is 0 Å². The number of anilines is 1. The number of carbonyl (C=O) groups is 1. The molecule has 0 amide bonds. The van der Waals surface area contributed by atoms with Crippen LogP contribution in [-0.4, -0.2) is 28.6 Å². The summed E-state index contributed by atoms with van der Waals surface area (Å²) in [6, 6.07) is 11.5. The molecule has 2 aromatic rings. The summed E-state index contributed by atoms with van der Waals surface area (Å²) in [6.07, 6.45) is 0. The summed E-state index contributed by atoms with van der Waals surface area (Å²) in [5, 5.41) is 0. The molecule has 0 spiro atoms. The summed E-state index contributed by atoms with van der Waals surface area (Å²) in [4.78, 5) is 11.8. The molecule has 0 saturated heterocycles. The van der Waals surface area contributed by atoms with E-state index in [9.17, 15) is 13.2 Å². The second-order valence-corrected chi connectivity index (χ2v) is 6.83. The van der Waals surface area contributed by atoms with Crippen molar-refractivity contribution < 1.29 is 22.7 Å². The molecule has 0 fully saturated rings. The lowest BCUT2D eigenvalue weighted by Gasteiger charge is -2.13. The van der Waals surface area contributed by atoms with Gasteiger partial charge in [0, 0.05) is 12.8 Å². The molecule has 128 valence electrons. The molecule has 6 nitrogen and oxygen atoms in total. The van der Waals surface area contributed by atoms with Crippen LogP contribution in [0.4, 0.5) is 5.69 Å². The zero-order chi connectivity index (χ0) is 17.7. The van der Waals surface area contributed by atoms with Crippen molar-refractivity contribution in [3.8, 4) is 0 Å². The van der Waals surface area contributed by atoms with E-state index >= 15 is 0 Å². The number of benzene rings is 2. The first kappa shape index (κ1) is 18.0. The van der Waals surface area contributed by atoms with Gasteiger partial charge in [-0.25, -0.2) is 13.2 Å². The van der Waals surface area contributed by atoms with Gasteiger partial charge in [0.05, 0.1) is 19.3 Å². The average molecular weight is 349 g/mol. The Morgan fingerprint density at radius 1 is 1.12 bits per heavy atom. The van der Waals surface area contributed by atoms with E-state index in [4.69, 9.17) is 9.47 Å². The lowest BCUT2D eigenvalue weighted by atomic mass is 10.1. The standard InChI is InChI=1S/C17H19NO5S/c1-12-6-4-9-15(16(12)17(19)23-3)24(20,21)18-14-8-5-7-13(10-14)11-22-2/h4-10,18H,11H2,1-3H3. The Labute approximate surface area is 141 Å². The van der Waals surface area contributed by atoms with Gasteiger partial charge < -0.3 is 9.47 Å². The van der Waals surface area contributed by atoms with Crippen molar-refractivity contribution in [3.05, 3.63) is 59.2 Å². The third-order valence-electron chi connectivity index (χ3n) is 3.40. The summed E-state index contributed by atoms with van der Waals surface area (Å²) in [7, 11) is -1.17. The third kappa shape index (κ3) is 3.93. The third-order valence-corrected chi connectivity index (χ3v) is 4.83. The van der Waals surface area contributed by atoms with Crippen molar-refractivity contribution in [3.63, 3.8) is 0 Å². The first-order valence-corrected chi connectivity index (χ1v) is 8.66. The molecule has 0 aliphatic carbocycles. The minimum atomic E-state index is -3.94.